The lowest BCUT2D eigenvalue weighted by atomic mass is 10.1. The van der Waals surface area contributed by atoms with Crippen LogP contribution in [0.15, 0.2) is 43.0 Å². The van der Waals surface area contributed by atoms with Crippen molar-refractivity contribution < 1.29 is 22.3 Å². The van der Waals surface area contributed by atoms with Crippen molar-refractivity contribution in [3.05, 3.63) is 54.4 Å². The molecule has 1 aliphatic carbocycles. The molecule has 15 heteroatoms. The Balaban J connectivity index is 0.00000323. The number of benzene rings is 1. The van der Waals surface area contributed by atoms with Gasteiger partial charge in [0.25, 0.3) is 5.91 Å². The number of ether oxygens (including phenoxy) is 1. The number of hydrogen-bond acceptors (Lipinski definition) is 9. The predicted molar refractivity (Wildman–Crippen MR) is 146 cm³/mol. The van der Waals surface area contributed by atoms with Gasteiger partial charge in [-0.05, 0) is 36.6 Å². The summed E-state index contributed by atoms with van der Waals surface area (Å²) in [5.41, 5.74) is 2.22. The van der Waals surface area contributed by atoms with Gasteiger partial charge in [0.05, 0.1) is 48.9 Å². The molecule has 3 aromatic heterocycles. The van der Waals surface area contributed by atoms with E-state index in [-0.39, 0.29) is 44.8 Å². The maximum Gasteiger partial charge on any atom is 0.253 e. The number of carbonyl (C=O) groups is 1. The minimum absolute atomic E-state index is 0. The Morgan fingerprint density at radius 3 is 2.77 bits per heavy atom. The highest BCUT2D eigenvalue weighted by Gasteiger charge is 2.26. The second-order valence-corrected chi connectivity index (χ2v) is 11.4. The number of anilines is 3. The van der Waals surface area contributed by atoms with Crippen molar-refractivity contribution in [2.75, 3.05) is 35.7 Å². The first-order valence-corrected chi connectivity index (χ1v) is 14.1. The van der Waals surface area contributed by atoms with Crippen molar-refractivity contribution in [3.63, 3.8) is 0 Å². The fourth-order valence-electron chi connectivity index (χ4n) is 4.29. The molecule has 0 radical (unpaired) electrons. The Bertz CT molecular complexity index is 1630. The average molecular weight is 572 g/mol. The highest BCUT2D eigenvalue weighted by molar-refractivity contribution is 7.89. The lowest BCUT2D eigenvalue weighted by Gasteiger charge is -2.27. The standard InChI is InChI=1S/C24H26FN9O4S.CH4/c25-18-7-16(8-21(9-18)33-3-5-38-15-22(33)35)13-34-23-17(11-28-34)10-26-24(30-23)29-20-12-27-32(14-20)4-6-39(36,37)31-19-1-2-19;/h7-12,14,19,31H,1-6,13,15H2,(H,26,29,30);1H4. The third-order valence-electron chi connectivity index (χ3n) is 6.35. The molecule has 13 nitrogen and oxygen atoms in total. The molecule has 2 aliphatic rings. The van der Waals surface area contributed by atoms with Crippen LogP contribution in [0, 0.1) is 5.82 Å². The fourth-order valence-corrected chi connectivity index (χ4v) is 5.58. The van der Waals surface area contributed by atoms with Crippen molar-refractivity contribution in [1.29, 1.82) is 0 Å². The zero-order valence-electron chi connectivity index (χ0n) is 20.8. The first-order valence-electron chi connectivity index (χ1n) is 12.5. The van der Waals surface area contributed by atoms with E-state index in [1.807, 2.05) is 0 Å². The third-order valence-corrected chi connectivity index (χ3v) is 7.76. The number of hydrogen-bond donors (Lipinski definition) is 2. The summed E-state index contributed by atoms with van der Waals surface area (Å²) in [4.78, 5) is 22.6. The quantitative estimate of drug-likeness (QED) is 0.292. The monoisotopic (exact) mass is 571 g/mol. The molecule has 1 amide bonds. The molecule has 4 aromatic rings. The summed E-state index contributed by atoms with van der Waals surface area (Å²) in [7, 11) is -3.34. The zero-order valence-corrected chi connectivity index (χ0v) is 21.6. The summed E-state index contributed by atoms with van der Waals surface area (Å²) in [5.74, 6) is -0.437. The molecule has 0 atom stereocenters. The lowest BCUT2D eigenvalue weighted by molar-refractivity contribution is -0.125. The Labute approximate surface area is 230 Å². The van der Waals surface area contributed by atoms with Crippen molar-refractivity contribution in [1.82, 2.24) is 34.3 Å². The van der Waals surface area contributed by atoms with Gasteiger partial charge in [-0.2, -0.15) is 15.2 Å². The highest BCUT2D eigenvalue weighted by atomic mass is 32.2. The first kappa shape index (κ1) is 27.6. The van der Waals surface area contributed by atoms with Crippen LogP contribution in [0.4, 0.5) is 21.7 Å². The van der Waals surface area contributed by atoms with Crippen LogP contribution in [-0.2, 0) is 32.6 Å². The van der Waals surface area contributed by atoms with Gasteiger partial charge in [0.1, 0.15) is 12.4 Å². The van der Waals surface area contributed by atoms with Gasteiger partial charge < -0.3 is 15.0 Å². The van der Waals surface area contributed by atoms with Crippen molar-refractivity contribution in [2.45, 2.75) is 39.4 Å². The van der Waals surface area contributed by atoms with Crippen LogP contribution in [0.3, 0.4) is 0 Å². The van der Waals surface area contributed by atoms with Crippen molar-refractivity contribution >= 4 is 44.3 Å². The predicted octanol–water partition coefficient (Wildman–Crippen LogP) is 2.03. The van der Waals surface area contributed by atoms with Crippen LogP contribution in [-0.4, -0.2) is 75.4 Å². The number of halogens is 1. The second-order valence-electron chi connectivity index (χ2n) is 9.52. The third kappa shape index (κ3) is 6.43. The summed E-state index contributed by atoms with van der Waals surface area (Å²) in [5, 5.41) is 12.4. The average Bonchev–Trinajstić information content (AvgIpc) is 3.44. The van der Waals surface area contributed by atoms with Crippen molar-refractivity contribution in [3.8, 4) is 0 Å². The number of rotatable bonds is 10. The van der Waals surface area contributed by atoms with Gasteiger partial charge in [-0.15, -0.1) is 0 Å². The Kier molecular flexibility index (Phi) is 7.78. The SMILES string of the molecule is C.O=C1COCCN1c1cc(F)cc(Cn2ncc3cnc(Nc4cnn(CCS(=O)(=O)NC5CC5)c4)nc32)c1. The fraction of sp³-hybridized carbons (Fsp3) is 0.400. The van der Waals surface area contributed by atoms with Crippen LogP contribution in [0.2, 0.25) is 0 Å². The van der Waals surface area contributed by atoms with Crippen molar-refractivity contribution in [2.24, 2.45) is 0 Å². The molecule has 0 bridgehead atoms. The maximum absolute atomic E-state index is 14.5. The lowest BCUT2D eigenvalue weighted by Crippen LogP contribution is -2.41. The summed E-state index contributed by atoms with van der Waals surface area (Å²) in [6.07, 6.45) is 8.26. The van der Waals surface area contributed by atoms with Gasteiger partial charge in [-0.3, -0.25) is 9.48 Å². The minimum atomic E-state index is -3.34. The van der Waals surface area contributed by atoms with E-state index in [0.29, 0.717) is 47.1 Å². The van der Waals surface area contributed by atoms with Gasteiger partial charge in [0.2, 0.25) is 16.0 Å². The molecule has 6 rings (SSSR count). The van der Waals surface area contributed by atoms with E-state index in [1.54, 1.807) is 35.5 Å². The van der Waals surface area contributed by atoms with Gasteiger partial charge in [0.15, 0.2) is 5.65 Å². The van der Waals surface area contributed by atoms with Crippen LogP contribution in [0.1, 0.15) is 25.8 Å². The molecular formula is C25H30FN9O4S. The highest BCUT2D eigenvalue weighted by Crippen LogP contribution is 2.23. The smallest absolute Gasteiger partial charge is 0.253 e. The number of sulfonamides is 1. The molecule has 2 fully saturated rings. The van der Waals surface area contributed by atoms with E-state index in [2.05, 4.69) is 30.2 Å². The molecule has 212 valence electrons. The normalized spacial score (nSPS) is 15.8. The van der Waals surface area contributed by atoms with E-state index >= 15 is 0 Å². The van der Waals surface area contributed by atoms with Crippen LogP contribution >= 0.6 is 0 Å². The summed E-state index contributed by atoms with van der Waals surface area (Å²) >= 11 is 0. The summed E-state index contributed by atoms with van der Waals surface area (Å²) < 4.78 is 49.7. The molecule has 2 N–H and O–H groups in total. The Morgan fingerprint density at radius 2 is 1.98 bits per heavy atom. The number of nitrogens with one attached hydrogen (secondary N) is 2. The van der Waals surface area contributed by atoms with Gasteiger partial charge >= 0.3 is 0 Å². The minimum Gasteiger partial charge on any atom is -0.370 e. The maximum atomic E-state index is 14.5. The van der Waals surface area contributed by atoms with Crippen LogP contribution in [0.5, 0.6) is 0 Å². The number of nitrogens with zero attached hydrogens (tertiary/aromatic N) is 7. The van der Waals surface area contributed by atoms with Crippen LogP contribution in [0.25, 0.3) is 11.0 Å². The number of carbonyl (C=O) groups excluding carboxylic acids is 1. The molecule has 1 saturated carbocycles. The van der Waals surface area contributed by atoms with Gasteiger partial charge in [0, 0.05) is 30.7 Å². The number of aryl methyl sites for hydroxylation is 1. The number of morpholine rings is 1. The molecule has 0 unspecified atom stereocenters. The second kappa shape index (κ2) is 11.3. The van der Waals surface area contributed by atoms with E-state index in [0.717, 1.165) is 12.8 Å². The number of amides is 1. The summed E-state index contributed by atoms with van der Waals surface area (Å²) in [6, 6.07) is 4.56. The molecule has 1 saturated heterocycles. The Hall–Kier alpha value is -3.95. The van der Waals surface area contributed by atoms with Gasteiger partial charge in [-0.25, -0.2) is 27.2 Å². The van der Waals surface area contributed by atoms with E-state index in [4.69, 9.17) is 4.74 Å². The van der Waals surface area contributed by atoms with E-state index in [1.165, 1.54) is 21.7 Å². The summed E-state index contributed by atoms with van der Waals surface area (Å²) in [6.45, 7) is 1.16. The van der Waals surface area contributed by atoms with E-state index in [9.17, 15) is 17.6 Å². The molecule has 4 heterocycles. The van der Waals surface area contributed by atoms with Crippen LogP contribution < -0.4 is 14.9 Å². The number of aromatic nitrogens is 6. The molecule has 1 aliphatic heterocycles. The molecular weight excluding hydrogens is 541 g/mol. The topological polar surface area (TPSA) is 149 Å². The Morgan fingerprint density at radius 1 is 1.12 bits per heavy atom. The van der Waals surface area contributed by atoms with E-state index < -0.39 is 15.8 Å². The zero-order chi connectivity index (χ0) is 27.0. The van der Waals surface area contributed by atoms with Gasteiger partial charge in [-0.1, -0.05) is 7.43 Å². The number of fused-ring (bicyclic) bond motifs is 1. The molecule has 0 spiro atoms. The molecule has 40 heavy (non-hydrogen) atoms. The molecule has 1 aromatic carbocycles. The first-order chi connectivity index (χ1) is 18.8. The largest absolute Gasteiger partial charge is 0.370 e.